The molecule has 1 fully saturated rings. The molecule has 1 aromatic carbocycles. The fraction of sp³-hybridized carbons (Fsp3) is 0.417. The van der Waals surface area contributed by atoms with E-state index in [-0.39, 0.29) is 6.42 Å². The zero-order valence-electron chi connectivity index (χ0n) is 9.21. The van der Waals surface area contributed by atoms with Crippen molar-refractivity contribution < 1.29 is 18.0 Å². The van der Waals surface area contributed by atoms with Crippen molar-refractivity contribution in [3.05, 3.63) is 35.9 Å². The summed E-state index contributed by atoms with van der Waals surface area (Å²) in [6.07, 6.45) is -0.102. The monoisotopic (exact) mass is 243 g/mol. The molecule has 1 aliphatic rings. The van der Waals surface area contributed by atoms with Crippen LogP contribution in [0, 0.1) is 5.92 Å². The maximum absolute atomic E-state index is 13.5. The number of alkyl halides is 3. The zero-order valence-corrected chi connectivity index (χ0v) is 9.21. The quantitative estimate of drug-likeness (QED) is 0.811. The Balaban J connectivity index is 1.96. The molecule has 0 aromatic heterocycles. The van der Waals surface area contributed by atoms with Crippen LogP contribution in [0.1, 0.15) is 12.5 Å². The molecule has 92 valence electrons. The number of hydrogen-bond acceptors (Lipinski definition) is 1. The molecule has 1 saturated carbocycles. The van der Waals surface area contributed by atoms with Crippen molar-refractivity contribution in [2.75, 3.05) is 0 Å². The van der Waals surface area contributed by atoms with Crippen LogP contribution in [0.25, 0.3) is 0 Å². The highest BCUT2D eigenvalue weighted by atomic mass is 19.3. The van der Waals surface area contributed by atoms with Gasteiger partial charge in [0.2, 0.25) is 5.91 Å². The lowest BCUT2D eigenvalue weighted by atomic mass is 10.1. The molecule has 17 heavy (non-hydrogen) atoms. The number of halogens is 3. The average Bonchev–Trinajstić information content (AvgIpc) is 2.63. The summed E-state index contributed by atoms with van der Waals surface area (Å²) in [7, 11) is 0. The molecule has 2 atom stereocenters. The smallest absolute Gasteiger partial charge is 0.307 e. The lowest BCUT2D eigenvalue weighted by Crippen LogP contribution is -2.39. The van der Waals surface area contributed by atoms with Crippen LogP contribution in [-0.4, -0.2) is 17.6 Å². The Labute approximate surface area is 96.8 Å². The zero-order chi connectivity index (χ0) is 12.7. The van der Waals surface area contributed by atoms with E-state index in [0.29, 0.717) is 5.56 Å². The van der Waals surface area contributed by atoms with Crippen molar-refractivity contribution >= 4 is 5.91 Å². The third kappa shape index (κ3) is 1.90. The van der Waals surface area contributed by atoms with Crippen molar-refractivity contribution in [1.82, 2.24) is 5.32 Å². The Hall–Kier alpha value is -1.52. The molecule has 0 bridgehead atoms. The molecule has 2 nitrogen and oxygen atoms in total. The first kappa shape index (κ1) is 12.0. The normalized spacial score (nSPS) is 29.8. The SMILES string of the molecule is CC1C(F)(F)[C@]1(F)NC(=O)Cc1ccccc1. The molecule has 0 heterocycles. The molecule has 1 N–H and O–H groups in total. The van der Waals surface area contributed by atoms with E-state index in [9.17, 15) is 18.0 Å². The van der Waals surface area contributed by atoms with Crippen molar-refractivity contribution in [2.45, 2.75) is 25.1 Å². The van der Waals surface area contributed by atoms with E-state index in [0.717, 1.165) is 6.92 Å². The van der Waals surface area contributed by atoms with Gasteiger partial charge in [-0.25, -0.2) is 13.2 Å². The molecule has 2 rings (SSSR count). The Kier molecular flexibility index (Phi) is 2.64. The predicted molar refractivity (Wildman–Crippen MR) is 56.2 cm³/mol. The Morgan fingerprint density at radius 3 is 2.29 bits per heavy atom. The number of hydrogen-bond donors (Lipinski definition) is 1. The number of rotatable bonds is 3. The van der Waals surface area contributed by atoms with Gasteiger partial charge in [-0.2, -0.15) is 0 Å². The third-order valence-corrected chi connectivity index (χ3v) is 3.07. The maximum atomic E-state index is 13.5. The summed E-state index contributed by atoms with van der Waals surface area (Å²) in [6.45, 7) is 1.07. The minimum atomic E-state index is -3.46. The predicted octanol–water partition coefficient (Wildman–Crippen LogP) is 2.30. The number of benzene rings is 1. The highest BCUT2D eigenvalue weighted by Gasteiger charge is 2.81. The first-order valence-electron chi connectivity index (χ1n) is 5.29. The summed E-state index contributed by atoms with van der Waals surface area (Å²) in [5.41, 5.74) is 0.658. The van der Waals surface area contributed by atoms with E-state index < -0.39 is 23.5 Å². The Morgan fingerprint density at radius 1 is 1.29 bits per heavy atom. The summed E-state index contributed by atoms with van der Waals surface area (Å²) in [5, 5.41) is 1.76. The second-order valence-corrected chi connectivity index (χ2v) is 4.27. The van der Waals surface area contributed by atoms with Crippen LogP contribution in [-0.2, 0) is 11.2 Å². The van der Waals surface area contributed by atoms with Gasteiger partial charge >= 0.3 is 5.92 Å². The second kappa shape index (κ2) is 3.75. The van der Waals surface area contributed by atoms with Crippen LogP contribution < -0.4 is 5.32 Å². The maximum Gasteiger partial charge on any atom is 0.307 e. The lowest BCUT2D eigenvalue weighted by molar-refractivity contribution is -0.124. The number of carbonyl (C=O) groups excluding carboxylic acids is 1. The first-order valence-corrected chi connectivity index (χ1v) is 5.29. The van der Waals surface area contributed by atoms with Crippen LogP contribution >= 0.6 is 0 Å². The van der Waals surface area contributed by atoms with Gasteiger partial charge < -0.3 is 5.32 Å². The molecule has 0 saturated heterocycles. The molecule has 0 aliphatic heterocycles. The Morgan fingerprint density at radius 2 is 1.82 bits per heavy atom. The van der Waals surface area contributed by atoms with Gasteiger partial charge in [-0.05, 0) is 5.56 Å². The fourth-order valence-electron chi connectivity index (χ4n) is 1.75. The summed E-state index contributed by atoms with van der Waals surface area (Å²) < 4.78 is 39.3. The van der Waals surface area contributed by atoms with Gasteiger partial charge in [0.15, 0.2) is 0 Å². The third-order valence-electron chi connectivity index (χ3n) is 3.07. The number of carbonyl (C=O) groups is 1. The van der Waals surface area contributed by atoms with Crippen molar-refractivity contribution in [3.8, 4) is 0 Å². The molecule has 0 spiro atoms. The molecule has 5 heteroatoms. The molecule has 0 radical (unpaired) electrons. The molecule has 1 aromatic rings. The number of amides is 1. The van der Waals surface area contributed by atoms with Crippen LogP contribution in [0.15, 0.2) is 30.3 Å². The van der Waals surface area contributed by atoms with E-state index in [4.69, 9.17) is 0 Å². The Bertz CT molecular complexity index is 435. The second-order valence-electron chi connectivity index (χ2n) is 4.27. The van der Waals surface area contributed by atoms with Crippen LogP contribution in [0.2, 0.25) is 0 Å². The number of nitrogens with one attached hydrogen (secondary N) is 1. The van der Waals surface area contributed by atoms with Crippen LogP contribution in [0.5, 0.6) is 0 Å². The standard InChI is InChI=1S/C12H12F3NO/c1-8-11(13,14)12(8,15)16-10(17)7-9-5-3-2-4-6-9/h2-6,8H,7H2,1H3,(H,16,17)/t8?,12-/m1/s1. The first-order chi connectivity index (χ1) is 7.88. The van der Waals surface area contributed by atoms with Crippen molar-refractivity contribution in [1.29, 1.82) is 0 Å². The molecular weight excluding hydrogens is 231 g/mol. The van der Waals surface area contributed by atoms with Crippen molar-refractivity contribution in [3.63, 3.8) is 0 Å². The molecular formula is C12H12F3NO. The van der Waals surface area contributed by atoms with Gasteiger partial charge in [0.25, 0.3) is 5.79 Å². The summed E-state index contributed by atoms with van der Waals surface area (Å²) >= 11 is 0. The van der Waals surface area contributed by atoms with E-state index >= 15 is 0 Å². The fourth-order valence-corrected chi connectivity index (χ4v) is 1.75. The van der Waals surface area contributed by atoms with E-state index in [1.54, 1.807) is 35.6 Å². The van der Waals surface area contributed by atoms with E-state index in [1.807, 2.05) is 0 Å². The largest absolute Gasteiger partial charge is 0.318 e. The lowest BCUT2D eigenvalue weighted by Gasteiger charge is -2.09. The van der Waals surface area contributed by atoms with Gasteiger partial charge in [-0.3, -0.25) is 4.79 Å². The van der Waals surface area contributed by atoms with Gasteiger partial charge in [0.1, 0.15) is 0 Å². The van der Waals surface area contributed by atoms with Crippen LogP contribution in [0.3, 0.4) is 0 Å². The minimum Gasteiger partial charge on any atom is -0.318 e. The highest BCUT2D eigenvalue weighted by molar-refractivity contribution is 5.80. The van der Waals surface area contributed by atoms with Gasteiger partial charge in [0, 0.05) is 0 Å². The molecule has 1 aliphatic carbocycles. The van der Waals surface area contributed by atoms with Gasteiger partial charge in [0.05, 0.1) is 12.3 Å². The van der Waals surface area contributed by atoms with E-state index in [1.165, 1.54) is 0 Å². The average molecular weight is 243 g/mol. The summed E-state index contributed by atoms with van der Waals surface area (Å²) in [6, 6.07) is 8.58. The van der Waals surface area contributed by atoms with E-state index in [2.05, 4.69) is 0 Å². The topological polar surface area (TPSA) is 29.1 Å². The van der Waals surface area contributed by atoms with Gasteiger partial charge in [-0.1, -0.05) is 37.3 Å². The molecule has 1 unspecified atom stereocenters. The summed E-state index contributed by atoms with van der Waals surface area (Å²) in [5.74, 6) is -8.53. The van der Waals surface area contributed by atoms with Crippen molar-refractivity contribution in [2.24, 2.45) is 5.92 Å². The summed E-state index contributed by atoms with van der Waals surface area (Å²) in [4.78, 5) is 11.4. The minimum absolute atomic E-state index is 0.102. The van der Waals surface area contributed by atoms with Gasteiger partial charge in [-0.15, -0.1) is 0 Å². The molecule has 1 amide bonds. The highest BCUT2D eigenvalue weighted by Crippen LogP contribution is 2.59. The van der Waals surface area contributed by atoms with Crippen LogP contribution in [0.4, 0.5) is 13.2 Å².